The first-order chi connectivity index (χ1) is 8.38. The van der Waals surface area contributed by atoms with Crippen LogP contribution in [0.4, 0.5) is 0 Å². The van der Waals surface area contributed by atoms with Gasteiger partial charge in [0.2, 0.25) is 10.0 Å². The third-order valence-corrected chi connectivity index (χ3v) is 4.80. The van der Waals surface area contributed by atoms with Crippen molar-refractivity contribution in [2.75, 3.05) is 0 Å². The van der Waals surface area contributed by atoms with Gasteiger partial charge in [0.05, 0.1) is 5.25 Å². The van der Waals surface area contributed by atoms with E-state index >= 15 is 0 Å². The lowest BCUT2D eigenvalue weighted by Gasteiger charge is -2.24. The van der Waals surface area contributed by atoms with E-state index in [1.54, 1.807) is 0 Å². The van der Waals surface area contributed by atoms with Gasteiger partial charge in [-0.15, -0.1) is 0 Å². The van der Waals surface area contributed by atoms with Crippen molar-refractivity contribution in [1.82, 2.24) is 4.98 Å². The molecule has 0 spiro atoms. The van der Waals surface area contributed by atoms with Gasteiger partial charge in [0.1, 0.15) is 0 Å². The molecule has 1 aromatic rings. The molecule has 1 atom stereocenters. The van der Waals surface area contributed by atoms with Gasteiger partial charge < -0.3 is 0 Å². The minimum Gasteiger partial charge on any atom is -0.261 e. The number of aromatic nitrogens is 1. The van der Waals surface area contributed by atoms with E-state index in [4.69, 9.17) is 5.14 Å². The fourth-order valence-corrected chi connectivity index (χ4v) is 3.43. The van der Waals surface area contributed by atoms with E-state index in [0.717, 1.165) is 17.7 Å². The number of sulfonamides is 1. The Kier molecular flexibility index (Phi) is 3.73. The molecule has 0 radical (unpaired) electrons. The molecule has 18 heavy (non-hydrogen) atoms. The molecule has 100 valence electrons. The Balaban J connectivity index is 2.34. The molecule has 2 rings (SSSR count). The maximum Gasteiger partial charge on any atom is 0.212 e. The number of fused-ring (bicyclic) bond motifs is 1. The van der Waals surface area contributed by atoms with E-state index in [2.05, 4.69) is 18.8 Å². The maximum atomic E-state index is 11.5. The van der Waals surface area contributed by atoms with Gasteiger partial charge in [0, 0.05) is 11.9 Å². The highest BCUT2D eigenvalue weighted by molar-refractivity contribution is 7.89. The number of pyridine rings is 1. The molecule has 0 saturated carbocycles. The fourth-order valence-electron chi connectivity index (χ4n) is 2.58. The van der Waals surface area contributed by atoms with Gasteiger partial charge >= 0.3 is 0 Å². The lowest BCUT2D eigenvalue weighted by molar-refractivity contribution is 0.557. The summed E-state index contributed by atoms with van der Waals surface area (Å²) in [5.74, 6) is 0.548. The highest BCUT2D eigenvalue weighted by Gasteiger charge is 2.29. The maximum absolute atomic E-state index is 11.5. The first-order valence-corrected chi connectivity index (χ1v) is 7.96. The standard InChI is InChI=1S/C13H20N2O2S/c1-9(2)7-10-5-6-15-13-4-3-11(8-12(10)13)18(14,16)17/h5-6,9,11H,3-4,7-8H2,1-2H3,(H2,14,16,17). The van der Waals surface area contributed by atoms with Crippen LogP contribution in [-0.2, 0) is 29.3 Å². The van der Waals surface area contributed by atoms with Crippen LogP contribution in [0.3, 0.4) is 0 Å². The molecule has 1 unspecified atom stereocenters. The zero-order valence-corrected chi connectivity index (χ0v) is 11.7. The average molecular weight is 268 g/mol. The van der Waals surface area contributed by atoms with Crippen LogP contribution in [0.5, 0.6) is 0 Å². The van der Waals surface area contributed by atoms with Gasteiger partial charge in [-0.1, -0.05) is 13.8 Å². The second-order valence-corrected chi connectivity index (χ2v) is 7.29. The highest BCUT2D eigenvalue weighted by atomic mass is 32.2. The summed E-state index contributed by atoms with van der Waals surface area (Å²) in [5.41, 5.74) is 3.38. The predicted octanol–water partition coefficient (Wildman–Crippen LogP) is 1.43. The third-order valence-electron chi connectivity index (χ3n) is 3.47. The summed E-state index contributed by atoms with van der Waals surface area (Å²) < 4.78 is 23.0. The first-order valence-electron chi connectivity index (χ1n) is 6.35. The summed E-state index contributed by atoms with van der Waals surface area (Å²) in [7, 11) is -3.44. The van der Waals surface area contributed by atoms with Crippen LogP contribution in [0.2, 0.25) is 0 Å². The SMILES string of the molecule is CC(C)Cc1ccnc2c1CC(S(N)(=O)=O)CC2. The summed E-state index contributed by atoms with van der Waals surface area (Å²) in [6, 6.07) is 2.00. The topological polar surface area (TPSA) is 73.0 Å². The molecule has 5 heteroatoms. The van der Waals surface area contributed by atoms with Gasteiger partial charge in [0.25, 0.3) is 0 Å². The minimum absolute atomic E-state index is 0.444. The van der Waals surface area contributed by atoms with Crippen LogP contribution in [-0.4, -0.2) is 18.7 Å². The Morgan fingerprint density at radius 1 is 1.50 bits per heavy atom. The molecule has 0 saturated heterocycles. The zero-order chi connectivity index (χ0) is 13.3. The normalized spacial score (nSPS) is 19.9. The summed E-state index contributed by atoms with van der Waals surface area (Å²) in [4.78, 5) is 4.37. The number of primary sulfonamides is 1. The van der Waals surface area contributed by atoms with Gasteiger partial charge in [-0.3, -0.25) is 4.98 Å². The molecule has 0 bridgehead atoms. The van der Waals surface area contributed by atoms with E-state index in [0.29, 0.717) is 25.2 Å². The van der Waals surface area contributed by atoms with Gasteiger partial charge in [-0.25, -0.2) is 13.6 Å². The van der Waals surface area contributed by atoms with Gasteiger partial charge in [-0.05, 0) is 48.8 Å². The Morgan fingerprint density at radius 2 is 2.22 bits per heavy atom. The molecule has 2 N–H and O–H groups in total. The molecule has 0 aromatic carbocycles. The summed E-state index contributed by atoms with van der Waals surface area (Å²) in [5, 5.41) is 4.83. The van der Waals surface area contributed by atoms with Crippen molar-refractivity contribution in [3.8, 4) is 0 Å². The lowest BCUT2D eigenvalue weighted by atomic mass is 9.89. The van der Waals surface area contributed by atoms with Crippen LogP contribution in [0.25, 0.3) is 0 Å². The second-order valence-electron chi connectivity index (χ2n) is 5.45. The number of nitrogens with two attached hydrogens (primary N) is 1. The third kappa shape index (κ3) is 2.90. The van der Waals surface area contributed by atoms with Crippen molar-refractivity contribution < 1.29 is 8.42 Å². The zero-order valence-electron chi connectivity index (χ0n) is 10.9. The smallest absolute Gasteiger partial charge is 0.212 e. The van der Waals surface area contributed by atoms with Crippen LogP contribution in [0.1, 0.15) is 37.1 Å². The molecule has 4 nitrogen and oxygen atoms in total. The second kappa shape index (κ2) is 4.97. The largest absolute Gasteiger partial charge is 0.261 e. The van der Waals surface area contributed by atoms with Crippen molar-refractivity contribution in [2.24, 2.45) is 11.1 Å². The van der Waals surface area contributed by atoms with Crippen molar-refractivity contribution in [1.29, 1.82) is 0 Å². The van der Waals surface area contributed by atoms with E-state index in [-0.39, 0.29) is 0 Å². The van der Waals surface area contributed by atoms with Crippen LogP contribution < -0.4 is 5.14 Å². The molecular weight excluding hydrogens is 248 g/mol. The van der Waals surface area contributed by atoms with Crippen LogP contribution in [0.15, 0.2) is 12.3 Å². The summed E-state index contributed by atoms with van der Waals surface area (Å²) in [6.07, 6.45) is 4.60. The van der Waals surface area contributed by atoms with E-state index in [9.17, 15) is 8.42 Å². The molecule has 0 amide bonds. The minimum atomic E-state index is -3.44. The van der Waals surface area contributed by atoms with Crippen molar-refractivity contribution in [3.05, 3.63) is 29.1 Å². The van der Waals surface area contributed by atoms with E-state index in [1.165, 1.54) is 5.56 Å². The molecule has 1 aliphatic carbocycles. The molecule has 1 heterocycles. The predicted molar refractivity (Wildman–Crippen MR) is 71.7 cm³/mol. The van der Waals surface area contributed by atoms with E-state index < -0.39 is 15.3 Å². The van der Waals surface area contributed by atoms with Crippen molar-refractivity contribution in [2.45, 2.75) is 44.8 Å². The number of hydrogen-bond donors (Lipinski definition) is 1. The Hall–Kier alpha value is -0.940. The quantitative estimate of drug-likeness (QED) is 0.901. The molecule has 0 fully saturated rings. The van der Waals surface area contributed by atoms with E-state index in [1.807, 2.05) is 12.3 Å². The molecule has 1 aromatic heterocycles. The Morgan fingerprint density at radius 3 is 2.83 bits per heavy atom. The highest BCUT2D eigenvalue weighted by Crippen LogP contribution is 2.27. The fraction of sp³-hybridized carbons (Fsp3) is 0.615. The number of aryl methyl sites for hydroxylation is 1. The molecular formula is C13H20N2O2S. The monoisotopic (exact) mass is 268 g/mol. The van der Waals surface area contributed by atoms with Crippen molar-refractivity contribution >= 4 is 10.0 Å². The number of rotatable bonds is 3. The lowest BCUT2D eigenvalue weighted by Crippen LogP contribution is -2.34. The average Bonchev–Trinajstić information content (AvgIpc) is 2.27. The van der Waals surface area contributed by atoms with Crippen LogP contribution in [0, 0.1) is 5.92 Å². The van der Waals surface area contributed by atoms with Gasteiger partial charge in [0.15, 0.2) is 0 Å². The molecule has 1 aliphatic rings. The number of hydrogen-bond acceptors (Lipinski definition) is 3. The first kappa shape index (κ1) is 13.5. The Labute approximate surface area is 109 Å². The Bertz CT molecular complexity index is 538. The summed E-state index contributed by atoms with van der Waals surface area (Å²) >= 11 is 0. The van der Waals surface area contributed by atoms with Gasteiger partial charge in [-0.2, -0.15) is 0 Å². The summed E-state index contributed by atoms with van der Waals surface area (Å²) in [6.45, 7) is 4.32. The molecule has 0 aliphatic heterocycles. The number of nitrogens with zero attached hydrogens (tertiary/aromatic N) is 1. The van der Waals surface area contributed by atoms with Crippen molar-refractivity contribution in [3.63, 3.8) is 0 Å². The van der Waals surface area contributed by atoms with Crippen LogP contribution >= 0.6 is 0 Å².